The van der Waals surface area contributed by atoms with Crippen LogP contribution in [-0.4, -0.2) is 16.1 Å². The number of aromatic amines is 1. The summed E-state index contributed by atoms with van der Waals surface area (Å²) in [6.07, 6.45) is 2.23. The molecule has 2 heterocycles. The molecule has 0 spiro atoms. The van der Waals surface area contributed by atoms with E-state index in [1.807, 2.05) is 24.3 Å². The largest absolute Gasteiger partial charge is 0.311 e. The van der Waals surface area contributed by atoms with Crippen LogP contribution in [0.2, 0.25) is 0 Å². The first-order valence-corrected chi connectivity index (χ1v) is 6.12. The van der Waals surface area contributed by atoms with Crippen molar-refractivity contribution in [2.75, 3.05) is 5.32 Å². The Labute approximate surface area is 107 Å². The highest BCUT2D eigenvalue weighted by Gasteiger charge is 2.28. The molecule has 0 saturated carbocycles. The molecule has 1 amide bonds. The average molecular weight is 292 g/mol. The fourth-order valence-corrected chi connectivity index (χ4v) is 2.74. The van der Waals surface area contributed by atoms with E-state index in [0.717, 1.165) is 15.6 Å². The van der Waals surface area contributed by atoms with Crippen LogP contribution in [0, 0.1) is 0 Å². The van der Waals surface area contributed by atoms with E-state index in [1.165, 1.54) is 0 Å². The van der Waals surface area contributed by atoms with E-state index < -0.39 is 0 Å². The zero-order valence-electron chi connectivity index (χ0n) is 8.90. The highest BCUT2D eigenvalue weighted by Crippen LogP contribution is 2.38. The third kappa shape index (κ3) is 1.76. The Balaban J connectivity index is 2.11. The second-order valence-corrected chi connectivity index (χ2v) is 4.88. The average Bonchev–Trinajstić information content (AvgIpc) is 2.76. The molecule has 86 valence electrons. The molecule has 1 aromatic carbocycles. The van der Waals surface area contributed by atoms with Crippen molar-refractivity contribution >= 4 is 27.7 Å². The SMILES string of the molecule is O=C1C[C@H](c2ccccc2Br)c2cn[nH]c2N1. The summed E-state index contributed by atoms with van der Waals surface area (Å²) in [5.74, 6) is 0.789. The van der Waals surface area contributed by atoms with Gasteiger partial charge >= 0.3 is 0 Å². The lowest BCUT2D eigenvalue weighted by molar-refractivity contribution is -0.116. The van der Waals surface area contributed by atoms with Crippen molar-refractivity contribution in [1.29, 1.82) is 0 Å². The molecule has 1 aromatic heterocycles. The summed E-state index contributed by atoms with van der Waals surface area (Å²) < 4.78 is 1.02. The van der Waals surface area contributed by atoms with Crippen molar-refractivity contribution in [3.63, 3.8) is 0 Å². The van der Waals surface area contributed by atoms with Crippen LogP contribution in [0.5, 0.6) is 0 Å². The van der Waals surface area contributed by atoms with Gasteiger partial charge in [-0.1, -0.05) is 34.1 Å². The normalized spacial score (nSPS) is 18.6. The Morgan fingerprint density at radius 1 is 1.29 bits per heavy atom. The molecular weight excluding hydrogens is 282 g/mol. The van der Waals surface area contributed by atoms with Crippen molar-refractivity contribution in [3.05, 3.63) is 46.1 Å². The monoisotopic (exact) mass is 291 g/mol. The van der Waals surface area contributed by atoms with Gasteiger partial charge in [-0.2, -0.15) is 5.10 Å². The predicted molar refractivity (Wildman–Crippen MR) is 67.8 cm³/mol. The number of carbonyl (C=O) groups excluding carboxylic acids is 1. The van der Waals surface area contributed by atoms with Gasteiger partial charge in [-0.3, -0.25) is 9.89 Å². The van der Waals surface area contributed by atoms with Gasteiger partial charge in [0.05, 0.1) is 6.20 Å². The van der Waals surface area contributed by atoms with E-state index in [0.29, 0.717) is 12.2 Å². The molecular formula is C12H10BrN3O. The summed E-state index contributed by atoms with van der Waals surface area (Å²) in [6, 6.07) is 7.96. The highest BCUT2D eigenvalue weighted by molar-refractivity contribution is 9.10. The van der Waals surface area contributed by atoms with Crippen molar-refractivity contribution in [1.82, 2.24) is 10.2 Å². The number of hydrogen-bond acceptors (Lipinski definition) is 2. The van der Waals surface area contributed by atoms with E-state index in [9.17, 15) is 4.79 Å². The van der Waals surface area contributed by atoms with Gasteiger partial charge in [0.1, 0.15) is 5.82 Å². The molecule has 0 bridgehead atoms. The van der Waals surface area contributed by atoms with Crippen LogP contribution in [0.25, 0.3) is 0 Å². The number of fused-ring (bicyclic) bond motifs is 1. The van der Waals surface area contributed by atoms with Crippen molar-refractivity contribution in [3.8, 4) is 0 Å². The van der Waals surface area contributed by atoms with Crippen molar-refractivity contribution in [2.24, 2.45) is 0 Å². The maximum absolute atomic E-state index is 11.6. The van der Waals surface area contributed by atoms with Crippen LogP contribution in [-0.2, 0) is 4.79 Å². The molecule has 3 rings (SSSR count). The second kappa shape index (κ2) is 4.00. The van der Waals surface area contributed by atoms with Gasteiger partial charge in [0.25, 0.3) is 0 Å². The number of carbonyl (C=O) groups is 1. The number of rotatable bonds is 1. The third-order valence-electron chi connectivity index (χ3n) is 2.98. The highest BCUT2D eigenvalue weighted by atomic mass is 79.9. The standard InChI is InChI=1S/C12H10BrN3O/c13-10-4-2-1-3-7(10)8-5-11(17)15-12-9(8)6-14-16-12/h1-4,6,8H,5H2,(H2,14,15,16,17)/t8-/m1/s1. The van der Waals surface area contributed by atoms with Gasteiger partial charge in [0.15, 0.2) is 0 Å². The first-order valence-electron chi connectivity index (χ1n) is 5.33. The molecule has 0 fully saturated rings. The molecule has 0 saturated heterocycles. The van der Waals surface area contributed by atoms with Crippen LogP contribution in [0.1, 0.15) is 23.5 Å². The first kappa shape index (κ1) is 10.5. The molecule has 1 atom stereocenters. The Morgan fingerprint density at radius 3 is 2.94 bits per heavy atom. The minimum atomic E-state index is 0.0162. The van der Waals surface area contributed by atoms with E-state index in [4.69, 9.17) is 0 Å². The molecule has 2 N–H and O–H groups in total. The zero-order chi connectivity index (χ0) is 11.8. The number of benzene rings is 1. The summed E-state index contributed by atoms with van der Waals surface area (Å²) in [4.78, 5) is 11.6. The molecule has 1 aliphatic heterocycles. The van der Waals surface area contributed by atoms with Gasteiger partial charge < -0.3 is 5.32 Å². The van der Waals surface area contributed by atoms with Crippen LogP contribution in [0.3, 0.4) is 0 Å². The quantitative estimate of drug-likeness (QED) is 0.849. The summed E-state index contributed by atoms with van der Waals surface area (Å²) in [5.41, 5.74) is 2.15. The lowest BCUT2D eigenvalue weighted by Gasteiger charge is -2.23. The Kier molecular flexibility index (Phi) is 2.48. The lowest BCUT2D eigenvalue weighted by atomic mass is 9.87. The maximum Gasteiger partial charge on any atom is 0.226 e. The van der Waals surface area contributed by atoms with Gasteiger partial charge in [-0.15, -0.1) is 0 Å². The molecule has 1 aliphatic rings. The predicted octanol–water partition coefficient (Wildman–Crippen LogP) is 2.65. The number of nitrogens with zero attached hydrogens (tertiary/aromatic N) is 1. The molecule has 5 heteroatoms. The van der Waals surface area contributed by atoms with E-state index in [-0.39, 0.29) is 11.8 Å². The Bertz CT molecular complexity index is 579. The number of H-pyrrole nitrogens is 1. The lowest BCUT2D eigenvalue weighted by Crippen LogP contribution is -2.23. The summed E-state index contributed by atoms with van der Waals surface area (Å²) in [7, 11) is 0. The fourth-order valence-electron chi connectivity index (χ4n) is 2.18. The summed E-state index contributed by atoms with van der Waals surface area (Å²) >= 11 is 3.53. The topological polar surface area (TPSA) is 57.8 Å². The molecule has 0 aliphatic carbocycles. The zero-order valence-corrected chi connectivity index (χ0v) is 10.5. The smallest absolute Gasteiger partial charge is 0.226 e. The van der Waals surface area contributed by atoms with E-state index in [1.54, 1.807) is 6.20 Å². The van der Waals surface area contributed by atoms with Crippen LogP contribution in [0.4, 0.5) is 5.82 Å². The molecule has 4 nitrogen and oxygen atoms in total. The number of amides is 1. The summed E-state index contributed by atoms with van der Waals surface area (Å²) in [6.45, 7) is 0. The Hall–Kier alpha value is -1.62. The van der Waals surface area contributed by atoms with Gasteiger partial charge in [0, 0.05) is 22.4 Å². The molecule has 2 aromatic rings. The number of halogens is 1. The van der Waals surface area contributed by atoms with Crippen molar-refractivity contribution < 1.29 is 4.79 Å². The molecule has 0 unspecified atom stereocenters. The van der Waals surface area contributed by atoms with Gasteiger partial charge in [0.2, 0.25) is 5.91 Å². The van der Waals surface area contributed by atoms with E-state index in [2.05, 4.69) is 31.4 Å². The van der Waals surface area contributed by atoms with Crippen LogP contribution >= 0.6 is 15.9 Å². The van der Waals surface area contributed by atoms with E-state index >= 15 is 0 Å². The number of nitrogens with one attached hydrogen (secondary N) is 2. The summed E-state index contributed by atoms with van der Waals surface area (Å²) in [5, 5.41) is 9.59. The van der Waals surface area contributed by atoms with Crippen LogP contribution < -0.4 is 5.32 Å². The number of hydrogen-bond donors (Lipinski definition) is 2. The van der Waals surface area contributed by atoms with Crippen molar-refractivity contribution in [2.45, 2.75) is 12.3 Å². The fraction of sp³-hybridized carbons (Fsp3) is 0.167. The second-order valence-electron chi connectivity index (χ2n) is 4.03. The minimum Gasteiger partial charge on any atom is -0.311 e. The van der Waals surface area contributed by atoms with Crippen LogP contribution in [0.15, 0.2) is 34.9 Å². The number of aromatic nitrogens is 2. The van der Waals surface area contributed by atoms with Gasteiger partial charge in [-0.05, 0) is 11.6 Å². The first-order chi connectivity index (χ1) is 8.25. The third-order valence-corrected chi connectivity index (χ3v) is 3.70. The molecule has 0 radical (unpaired) electrons. The Morgan fingerprint density at radius 2 is 2.12 bits per heavy atom. The molecule has 17 heavy (non-hydrogen) atoms. The maximum atomic E-state index is 11.6. The number of anilines is 1. The van der Waals surface area contributed by atoms with Gasteiger partial charge in [-0.25, -0.2) is 0 Å². The minimum absolute atomic E-state index is 0.0162.